The van der Waals surface area contributed by atoms with Gasteiger partial charge in [0.2, 0.25) is 0 Å². The van der Waals surface area contributed by atoms with Crippen molar-refractivity contribution in [1.82, 2.24) is 0 Å². The van der Waals surface area contributed by atoms with Gasteiger partial charge in [-0.1, -0.05) is 123 Å². The van der Waals surface area contributed by atoms with Crippen LogP contribution in [0.25, 0.3) is 11.1 Å². The Morgan fingerprint density at radius 1 is 0.463 bits per heavy atom. The van der Waals surface area contributed by atoms with Crippen molar-refractivity contribution in [3.05, 3.63) is 164 Å². The fourth-order valence-electron chi connectivity index (χ4n) is 4.95. The van der Waals surface area contributed by atoms with Crippen molar-refractivity contribution < 1.29 is 0 Å². The van der Waals surface area contributed by atoms with Gasteiger partial charge in [0.1, 0.15) is 0 Å². The zero-order valence-electron chi connectivity index (χ0n) is 23.8. The van der Waals surface area contributed by atoms with E-state index in [1.54, 1.807) is 0 Å². The predicted molar refractivity (Wildman–Crippen MR) is 178 cm³/mol. The topological polar surface area (TPSA) is 6.48 Å². The fourth-order valence-corrected chi connectivity index (χ4v) is 4.95. The van der Waals surface area contributed by atoms with Gasteiger partial charge < -0.3 is 9.80 Å². The second kappa shape index (κ2) is 14.5. The molecule has 0 heterocycles. The fraction of sp³-hybridized carbons (Fsp3) is 0.128. The third kappa shape index (κ3) is 7.43. The first kappa shape index (κ1) is 27.7. The lowest BCUT2D eigenvalue weighted by atomic mass is 10.0. The molecule has 0 amide bonds. The number of unbranched alkanes of at least 4 members (excludes halogenated alkanes) is 2. The summed E-state index contributed by atoms with van der Waals surface area (Å²) in [6.45, 7) is 3.04. The van der Waals surface area contributed by atoms with Crippen molar-refractivity contribution in [2.45, 2.75) is 26.2 Å². The molecule has 0 spiro atoms. The number of allylic oxidation sites excluding steroid dienone is 3. The zero-order chi connectivity index (χ0) is 28.1. The summed E-state index contributed by atoms with van der Waals surface area (Å²) >= 11 is 0. The van der Waals surface area contributed by atoms with E-state index in [1.165, 1.54) is 35.3 Å². The lowest BCUT2D eigenvalue weighted by molar-refractivity contribution is 0.815. The van der Waals surface area contributed by atoms with Crippen molar-refractivity contribution >= 4 is 28.4 Å². The molecule has 0 saturated carbocycles. The molecule has 5 aromatic rings. The monoisotopic (exact) mass is 534 g/mol. The number of benzene rings is 5. The molecule has 0 aliphatic carbocycles. The van der Waals surface area contributed by atoms with E-state index in [2.05, 4.69) is 181 Å². The average Bonchev–Trinajstić information content (AvgIpc) is 3.05. The van der Waals surface area contributed by atoms with Crippen LogP contribution in [0.5, 0.6) is 0 Å². The molecular weight excluding hydrogens is 496 g/mol. The molecule has 204 valence electrons. The SMILES string of the molecule is CCCC/C=C\C=C/CN(c1ccccc1)c1ccc(-c2ccc(N(c3ccccc3)c3ccccc3)cc2)cc1. The van der Waals surface area contributed by atoms with Gasteiger partial charge in [-0.15, -0.1) is 0 Å². The maximum absolute atomic E-state index is 2.35. The van der Waals surface area contributed by atoms with Crippen LogP contribution in [0.1, 0.15) is 26.2 Å². The molecule has 2 heteroatoms. The van der Waals surface area contributed by atoms with Crippen molar-refractivity contribution in [2.75, 3.05) is 16.3 Å². The highest BCUT2D eigenvalue weighted by molar-refractivity contribution is 5.78. The highest BCUT2D eigenvalue weighted by atomic mass is 15.1. The van der Waals surface area contributed by atoms with E-state index in [4.69, 9.17) is 0 Å². The lowest BCUT2D eigenvalue weighted by Gasteiger charge is -2.25. The molecule has 0 radical (unpaired) electrons. The lowest BCUT2D eigenvalue weighted by Crippen LogP contribution is -2.16. The molecule has 0 aliphatic rings. The third-order valence-corrected chi connectivity index (χ3v) is 7.13. The van der Waals surface area contributed by atoms with E-state index in [0.717, 1.165) is 30.0 Å². The summed E-state index contributed by atoms with van der Waals surface area (Å²) in [7, 11) is 0. The largest absolute Gasteiger partial charge is 0.338 e. The number of nitrogens with zero attached hydrogens (tertiary/aromatic N) is 2. The van der Waals surface area contributed by atoms with Gasteiger partial charge in [-0.3, -0.25) is 0 Å². The Bertz CT molecular complexity index is 1460. The van der Waals surface area contributed by atoms with Crippen LogP contribution in [0.4, 0.5) is 28.4 Å². The smallest absolute Gasteiger partial charge is 0.0462 e. The molecule has 0 N–H and O–H groups in total. The summed E-state index contributed by atoms with van der Waals surface area (Å²) in [6.07, 6.45) is 12.4. The molecule has 0 unspecified atom stereocenters. The average molecular weight is 535 g/mol. The van der Waals surface area contributed by atoms with Crippen LogP contribution in [0.3, 0.4) is 0 Å². The molecule has 5 aromatic carbocycles. The minimum Gasteiger partial charge on any atom is -0.338 e. The molecule has 0 aliphatic heterocycles. The minimum atomic E-state index is 0.810. The first-order valence-electron chi connectivity index (χ1n) is 14.6. The van der Waals surface area contributed by atoms with Gasteiger partial charge in [0.05, 0.1) is 0 Å². The summed E-state index contributed by atoms with van der Waals surface area (Å²) in [4.78, 5) is 4.64. The first-order chi connectivity index (χ1) is 20.3. The quantitative estimate of drug-likeness (QED) is 0.116. The van der Waals surface area contributed by atoms with Gasteiger partial charge >= 0.3 is 0 Å². The van der Waals surface area contributed by atoms with Crippen LogP contribution in [0, 0.1) is 0 Å². The van der Waals surface area contributed by atoms with Crippen LogP contribution in [-0.2, 0) is 0 Å². The Hall–Kier alpha value is -4.82. The number of para-hydroxylation sites is 3. The third-order valence-electron chi connectivity index (χ3n) is 7.13. The number of hydrogen-bond donors (Lipinski definition) is 0. The zero-order valence-corrected chi connectivity index (χ0v) is 23.8. The number of rotatable bonds is 12. The Morgan fingerprint density at radius 3 is 1.39 bits per heavy atom. The summed E-state index contributed by atoms with van der Waals surface area (Å²) in [5.41, 5.74) is 8.18. The van der Waals surface area contributed by atoms with E-state index in [1.807, 2.05) is 0 Å². The molecule has 0 atom stereocenters. The van der Waals surface area contributed by atoms with Gasteiger partial charge in [-0.25, -0.2) is 0 Å². The van der Waals surface area contributed by atoms with Gasteiger partial charge in [0, 0.05) is 35.0 Å². The molecule has 0 fully saturated rings. The summed E-state index contributed by atoms with van der Waals surface area (Å²) < 4.78 is 0. The normalized spacial score (nSPS) is 11.2. The van der Waals surface area contributed by atoms with Crippen molar-refractivity contribution in [3.63, 3.8) is 0 Å². The number of anilines is 5. The Kier molecular flexibility index (Phi) is 9.83. The van der Waals surface area contributed by atoms with E-state index < -0.39 is 0 Å². The van der Waals surface area contributed by atoms with E-state index in [9.17, 15) is 0 Å². The summed E-state index contributed by atoms with van der Waals surface area (Å²) in [5, 5.41) is 0. The molecule has 2 nitrogen and oxygen atoms in total. The minimum absolute atomic E-state index is 0.810. The van der Waals surface area contributed by atoms with Crippen molar-refractivity contribution in [2.24, 2.45) is 0 Å². The Morgan fingerprint density at radius 2 is 0.878 bits per heavy atom. The van der Waals surface area contributed by atoms with Crippen LogP contribution in [0.2, 0.25) is 0 Å². The van der Waals surface area contributed by atoms with Crippen molar-refractivity contribution in [1.29, 1.82) is 0 Å². The van der Waals surface area contributed by atoms with E-state index >= 15 is 0 Å². The second-order valence-corrected chi connectivity index (χ2v) is 10.0. The first-order valence-corrected chi connectivity index (χ1v) is 14.6. The van der Waals surface area contributed by atoms with E-state index in [0.29, 0.717) is 0 Å². The maximum atomic E-state index is 2.35. The number of hydrogen-bond acceptors (Lipinski definition) is 2. The maximum Gasteiger partial charge on any atom is 0.0462 e. The van der Waals surface area contributed by atoms with Gasteiger partial charge in [0.15, 0.2) is 0 Å². The van der Waals surface area contributed by atoms with Crippen LogP contribution in [0.15, 0.2) is 164 Å². The highest BCUT2D eigenvalue weighted by Crippen LogP contribution is 2.35. The van der Waals surface area contributed by atoms with Crippen LogP contribution >= 0.6 is 0 Å². The predicted octanol–water partition coefficient (Wildman–Crippen LogP) is 11.3. The molecular formula is C39H38N2. The van der Waals surface area contributed by atoms with Crippen LogP contribution < -0.4 is 9.80 Å². The Labute approximate surface area is 245 Å². The molecule has 0 bridgehead atoms. The van der Waals surface area contributed by atoms with Gasteiger partial charge in [-0.05, 0) is 78.2 Å². The van der Waals surface area contributed by atoms with Crippen molar-refractivity contribution in [3.8, 4) is 11.1 Å². The van der Waals surface area contributed by atoms with Gasteiger partial charge in [-0.2, -0.15) is 0 Å². The second-order valence-electron chi connectivity index (χ2n) is 10.0. The molecule has 41 heavy (non-hydrogen) atoms. The molecule has 5 rings (SSSR count). The highest BCUT2D eigenvalue weighted by Gasteiger charge is 2.12. The molecule has 0 aromatic heterocycles. The summed E-state index contributed by atoms with van der Waals surface area (Å²) in [6, 6.07) is 49.4. The standard InChI is InChI=1S/C39H38N2/c1-2-3-4-5-6-7-17-32-40(35-18-11-8-12-19-35)36-28-24-33(25-29-36)34-26-30-39(31-27-34)41(37-20-13-9-14-21-37)38-22-15-10-16-23-38/h5-31H,2-4,32H2,1H3/b6-5-,17-7-. The van der Waals surface area contributed by atoms with Gasteiger partial charge in [0.25, 0.3) is 0 Å². The Balaban J connectivity index is 1.35. The van der Waals surface area contributed by atoms with Crippen LogP contribution in [-0.4, -0.2) is 6.54 Å². The van der Waals surface area contributed by atoms with E-state index in [-0.39, 0.29) is 0 Å². The summed E-state index contributed by atoms with van der Waals surface area (Å²) in [5.74, 6) is 0. The molecule has 0 saturated heterocycles.